The van der Waals surface area contributed by atoms with E-state index < -0.39 is 10.0 Å². The van der Waals surface area contributed by atoms with Crippen LogP contribution in [-0.4, -0.2) is 37.5 Å². The van der Waals surface area contributed by atoms with Crippen molar-refractivity contribution >= 4 is 10.0 Å². The zero-order valence-corrected chi connectivity index (χ0v) is 12.1. The van der Waals surface area contributed by atoms with Gasteiger partial charge in [-0.25, -0.2) is 12.7 Å². The molecule has 108 valence electrons. The van der Waals surface area contributed by atoms with Gasteiger partial charge in [-0.1, -0.05) is 31.2 Å². The van der Waals surface area contributed by atoms with Gasteiger partial charge in [-0.3, -0.25) is 0 Å². The van der Waals surface area contributed by atoms with Crippen LogP contribution in [0.1, 0.15) is 24.5 Å². The molecule has 0 radical (unpaired) electrons. The van der Waals surface area contributed by atoms with E-state index in [9.17, 15) is 8.42 Å². The van der Waals surface area contributed by atoms with Crippen molar-refractivity contribution in [3.63, 3.8) is 0 Å². The molecule has 0 unspecified atom stereocenters. The quantitative estimate of drug-likeness (QED) is 0.736. The van der Waals surface area contributed by atoms with E-state index in [0.717, 1.165) is 11.1 Å². The van der Waals surface area contributed by atoms with Gasteiger partial charge >= 0.3 is 0 Å². The summed E-state index contributed by atoms with van der Waals surface area (Å²) < 4.78 is 25.8. The van der Waals surface area contributed by atoms with Gasteiger partial charge in [-0.2, -0.15) is 0 Å². The SMILES string of the molecule is CCN(CCCO)S(=O)(=O)Cc1ccc(CN)cc1. The zero-order valence-electron chi connectivity index (χ0n) is 11.2. The number of hydrogen-bond donors (Lipinski definition) is 2. The highest BCUT2D eigenvalue weighted by Gasteiger charge is 2.20. The van der Waals surface area contributed by atoms with Crippen molar-refractivity contribution in [3.05, 3.63) is 35.4 Å². The summed E-state index contributed by atoms with van der Waals surface area (Å²) in [6.45, 7) is 3.02. The van der Waals surface area contributed by atoms with Crippen molar-refractivity contribution in [2.75, 3.05) is 19.7 Å². The van der Waals surface area contributed by atoms with Crippen molar-refractivity contribution in [1.82, 2.24) is 4.31 Å². The third-order valence-electron chi connectivity index (χ3n) is 2.92. The second kappa shape index (κ2) is 7.59. The van der Waals surface area contributed by atoms with Crippen LogP contribution in [0.3, 0.4) is 0 Å². The van der Waals surface area contributed by atoms with E-state index in [4.69, 9.17) is 10.8 Å². The molecule has 0 spiro atoms. The summed E-state index contributed by atoms with van der Waals surface area (Å²) in [4.78, 5) is 0. The Hall–Kier alpha value is -0.950. The van der Waals surface area contributed by atoms with Gasteiger partial charge in [0.2, 0.25) is 10.0 Å². The highest BCUT2D eigenvalue weighted by molar-refractivity contribution is 7.88. The number of rotatable bonds is 8. The minimum Gasteiger partial charge on any atom is -0.396 e. The summed E-state index contributed by atoms with van der Waals surface area (Å²) >= 11 is 0. The molecule has 0 saturated heterocycles. The summed E-state index contributed by atoms with van der Waals surface area (Å²) in [5.41, 5.74) is 7.23. The van der Waals surface area contributed by atoms with Crippen LogP contribution >= 0.6 is 0 Å². The number of aliphatic hydroxyl groups excluding tert-OH is 1. The average molecular weight is 286 g/mol. The van der Waals surface area contributed by atoms with Crippen molar-refractivity contribution in [2.24, 2.45) is 5.73 Å². The average Bonchev–Trinajstić information content (AvgIpc) is 2.39. The smallest absolute Gasteiger partial charge is 0.218 e. The molecule has 0 aliphatic heterocycles. The molecule has 19 heavy (non-hydrogen) atoms. The monoisotopic (exact) mass is 286 g/mol. The van der Waals surface area contributed by atoms with E-state index in [1.807, 2.05) is 12.1 Å². The molecule has 0 heterocycles. The van der Waals surface area contributed by atoms with Gasteiger partial charge in [0.25, 0.3) is 0 Å². The van der Waals surface area contributed by atoms with Crippen molar-refractivity contribution in [2.45, 2.75) is 25.6 Å². The molecule has 0 amide bonds. The fourth-order valence-corrected chi connectivity index (χ4v) is 3.41. The van der Waals surface area contributed by atoms with Crippen LogP contribution in [0.25, 0.3) is 0 Å². The predicted octanol–water partition coefficient (Wildman–Crippen LogP) is 0.679. The topological polar surface area (TPSA) is 83.6 Å². The van der Waals surface area contributed by atoms with Gasteiger partial charge < -0.3 is 10.8 Å². The maximum Gasteiger partial charge on any atom is 0.218 e. The lowest BCUT2D eigenvalue weighted by atomic mass is 10.1. The minimum absolute atomic E-state index is 0.00276. The molecule has 0 aromatic heterocycles. The maximum absolute atomic E-state index is 12.2. The molecule has 0 saturated carbocycles. The first-order valence-electron chi connectivity index (χ1n) is 6.40. The standard InChI is InChI=1S/C13H22N2O3S/c1-2-15(8-3-9-16)19(17,18)11-13-6-4-12(10-14)5-7-13/h4-7,16H,2-3,8-11,14H2,1H3. The van der Waals surface area contributed by atoms with Crippen LogP contribution in [0.5, 0.6) is 0 Å². The van der Waals surface area contributed by atoms with Crippen LogP contribution in [-0.2, 0) is 22.3 Å². The Morgan fingerprint density at radius 2 is 1.79 bits per heavy atom. The Balaban J connectivity index is 2.76. The highest BCUT2D eigenvalue weighted by atomic mass is 32.2. The van der Waals surface area contributed by atoms with Gasteiger partial charge in [0.05, 0.1) is 5.75 Å². The Bertz CT molecular complexity index is 471. The Morgan fingerprint density at radius 1 is 1.21 bits per heavy atom. The lowest BCUT2D eigenvalue weighted by molar-refractivity contribution is 0.271. The highest BCUT2D eigenvalue weighted by Crippen LogP contribution is 2.12. The molecule has 6 heteroatoms. The molecular weight excluding hydrogens is 264 g/mol. The number of aliphatic hydroxyl groups is 1. The summed E-state index contributed by atoms with van der Waals surface area (Å²) in [5.74, 6) is -0.0167. The lowest BCUT2D eigenvalue weighted by Crippen LogP contribution is -2.33. The second-order valence-corrected chi connectivity index (χ2v) is 6.31. The van der Waals surface area contributed by atoms with Crippen LogP contribution in [0.15, 0.2) is 24.3 Å². The Labute approximate surface area is 115 Å². The van der Waals surface area contributed by atoms with Crippen LogP contribution in [0.2, 0.25) is 0 Å². The third-order valence-corrected chi connectivity index (χ3v) is 4.85. The van der Waals surface area contributed by atoms with Crippen molar-refractivity contribution in [3.8, 4) is 0 Å². The first kappa shape index (κ1) is 16.1. The fraction of sp³-hybridized carbons (Fsp3) is 0.538. The maximum atomic E-state index is 12.2. The van der Waals surface area contributed by atoms with Crippen LogP contribution in [0.4, 0.5) is 0 Å². The lowest BCUT2D eigenvalue weighted by Gasteiger charge is -2.20. The van der Waals surface area contributed by atoms with Gasteiger partial charge in [0, 0.05) is 26.2 Å². The third kappa shape index (κ3) is 4.91. The van der Waals surface area contributed by atoms with E-state index in [0.29, 0.717) is 26.1 Å². The molecular formula is C13H22N2O3S. The molecule has 0 fully saturated rings. The molecule has 3 N–H and O–H groups in total. The molecule has 1 rings (SSSR count). The predicted molar refractivity (Wildman–Crippen MR) is 75.9 cm³/mol. The molecule has 0 aliphatic rings. The summed E-state index contributed by atoms with van der Waals surface area (Å²) in [7, 11) is -3.33. The zero-order chi connectivity index (χ0) is 14.3. The second-order valence-electron chi connectivity index (χ2n) is 4.35. The molecule has 1 aromatic carbocycles. The van der Waals surface area contributed by atoms with Gasteiger partial charge in [-0.15, -0.1) is 0 Å². The number of hydrogen-bond acceptors (Lipinski definition) is 4. The number of benzene rings is 1. The summed E-state index contributed by atoms with van der Waals surface area (Å²) in [6.07, 6.45) is 0.458. The first-order valence-corrected chi connectivity index (χ1v) is 8.01. The summed E-state index contributed by atoms with van der Waals surface area (Å²) in [5, 5.41) is 8.79. The van der Waals surface area contributed by atoms with Crippen molar-refractivity contribution in [1.29, 1.82) is 0 Å². The molecule has 5 nitrogen and oxygen atoms in total. The normalized spacial score (nSPS) is 12.0. The van der Waals surface area contributed by atoms with Gasteiger partial charge in [0.15, 0.2) is 0 Å². The Morgan fingerprint density at radius 3 is 2.26 bits per heavy atom. The molecule has 0 atom stereocenters. The number of nitrogens with zero attached hydrogens (tertiary/aromatic N) is 1. The summed E-state index contributed by atoms with van der Waals surface area (Å²) in [6, 6.07) is 7.27. The van der Waals surface area contributed by atoms with E-state index >= 15 is 0 Å². The molecule has 0 aliphatic carbocycles. The fourth-order valence-electron chi connectivity index (χ4n) is 1.81. The largest absolute Gasteiger partial charge is 0.396 e. The van der Waals surface area contributed by atoms with E-state index in [1.165, 1.54) is 4.31 Å². The van der Waals surface area contributed by atoms with E-state index in [-0.39, 0.29) is 12.4 Å². The molecule has 0 bridgehead atoms. The van der Waals surface area contributed by atoms with Crippen LogP contribution in [0, 0.1) is 0 Å². The van der Waals surface area contributed by atoms with E-state index in [1.54, 1.807) is 19.1 Å². The first-order chi connectivity index (χ1) is 9.03. The van der Waals surface area contributed by atoms with Gasteiger partial charge in [-0.05, 0) is 17.5 Å². The number of nitrogens with two attached hydrogens (primary N) is 1. The molecule has 1 aromatic rings. The van der Waals surface area contributed by atoms with Crippen molar-refractivity contribution < 1.29 is 13.5 Å². The Kier molecular flexibility index (Phi) is 6.44. The van der Waals surface area contributed by atoms with Crippen LogP contribution < -0.4 is 5.73 Å². The number of sulfonamides is 1. The van der Waals surface area contributed by atoms with Gasteiger partial charge in [0.1, 0.15) is 0 Å². The minimum atomic E-state index is -3.33. The van der Waals surface area contributed by atoms with E-state index in [2.05, 4.69) is 0 Å².